The lowest BCUT2D eigenvalue weighted by atomic mass is 9.98. The molecule has 0 atom stereocenters. The molecule has 0 unspecified atom stereocenters. The second-order valence-electron chi connectivity index (χ2n) is 5.77. The van der Waals surface area contributed by atoms with E-state index in [0.29, 0.717) is 17.4 Å². The van der Waals surface area contributed by atoms with Crippen LogP contribution < -0.4 is 0 Å². The van der Waals surface area contributed by atoms with Gasteiger partial charge in [0.25, 0.3) is 0 Å². The van der Waals surface area contributed by atoms with Gasteiger partial charge in [-0.2, -0.15) is 13.2 Å². The number of benzene rings is 1. The van der Waals surface area contributed by atoms with Gasteiger partial charge in [-0.1, -0.05) is 41.2 Å². The highest BCUT2D eigenvalue weighted by molar-refractivity contribution is 6.50. The van der Waals surface area contributed by atoms with Gasteiger partial charge in [0, 0.05) is 0 Å². The number of hydrogen-bond acceptors (Lipinski definition) is 3. The third kappa shape index (κ3) is 3.55. The monoisotopic (exact) mass is 414 g/mol. The highest BCUT2D eigenvalue weighted by atomic mass is 35.5. The Hall–Kier alpha value is -1.18. The molecule has 1 aromatic carbocycles. The molecule has 1 aliphatic carbocycles. The van der Waals surface area contributed by atoms with Crippen molar-refractivity contribution >= 4 is 51.9 Å². The number of rotatable bonds is 1. The number of alkyl halides is 3. The maximum Gasteiger partial charge on any atom is 0.450 e. The van der Waals surface area contributed by atoms with Crippen LogP contribution >= 0.6 is 34.8 Å². The second-order valence-corrected chi connectivity index (χ2v) is 6.93. The van der Waals surface area contributed by atoms with Gasteiger partial charge in [0.15, 0.2) is 0 Å². The summed E-state index contributed by atoms with van der Waals surface area (Å²) in [7, 11) is 0. The van der Waals surface area contributed by atoms with Gasteiger partial charge in [0.2, 0.25) is 5.82 Å². The van der Waals surface area contributed by atoms with Gasteiger partial charge in [0.1, 0.15) is 11.6 Å². The minimum absolute atomic E-state index is 0.0838. The second kappa shape index (κ2) is 6.85. The van der Waals surface area contributed by atoms with E-state index in [4.69, 9.17) is 39.5 Å². The first-order chi connectivity index (χ1) is 11.7. The molecule has 10 heteroatoms. The van der Waals surface area contributed by atoms with Crippen molar-refractivity contribution in [3.8, 4) is 0 Å². The van der Waals surface area contributed by atoms with Gasteiger partial charge >= 0.3 is 12.3 Å². The molecule has 0 amide bonds. The number of imidazole rings is 1. The average molecular weight is 416 g/mol. The molecule has 1 aromatic heterocycles. The summed E-state index contributed by atoms with van der Waals surface area (Å²) in [4.78, 5) is 15.9. The van der Waals surface area contributed by atoms with Crippen LogP contribution in [0.15, 0.2) is 6.07 Å². The molecule has 0 N–H and O–H groups in total. The Kier molecular flexibility index (Phi) is 5.10. The number of halogens is 6. The first-order valence-electron chi connectivity index (χ1n) is 7.54. The fourth-order valence-electron chi connectivity index (χ4n) is 2.87. The minimum atomic E-state index is -4.88. The summed E-state index contributed by atoms with van der Waals surface area (Å²) >= 11 is 17.7. The molecule has 0 radical (unpaired) electrons. The van der Waals surface area contributed by atoms with E-state index in [1.54, 1.807) is 0 Å². The van der Waals surface area contributed by atoms with E-state index in [-0.39, 0.29) is 26.1 Å². The zero-order valence-corrected chi connectivity index (χ0v) is 14.9. The Morgan fingerprint density at radius 3 is 2.40 bits per heavy atom. The van der Waals surface area contributed by atoms with Gasteiger partial charge in [-0.15, -0.1) is 0 Å². The van der Waals surface area contributed by atoms with Crippen molar-refractivity contribution in [1.82, 2.24) is 9.55 Å². The largest absolute Gasteiger partial charge is 0.450 e. The molecule has 0 aliphatic heterocycles. The maximum atomic E-state index is 13.4. The summed E-state index contributed by atoms with van der Waals surface area (Å²) in [6.07, 6.45) is -2.48. The fourth-order valence-corrected chi connectivity index (χ4v) is 3.50. The molecule has 1 aliphatic rings. The summed E-state index contributed by atoms with van der Waals surface area (Å²) in [5.41, 5.74) is -0.462. The molecule has 0 bridgehead atoms. The number of carbonyl (C=O) groups is 1. The lowest BCUT2D eigenvalue weighted by Crippen LogP contribution is -2.27. The summed E-state index contributed by atoms with van der Waals surface area (Å²) in [6, 6.07) is 1.12. The topological polar surface area (TPSA) is 44.1 Å². The summed E-state index contributed by atoms with van der Waals surface area (Å²) in [5.74, 6) is -1.43. The Balaban J connectivity index is 2.12. The number of aromatic nitrogens is 2. The fraction of sp³-hybridized carbons (Fsp3) is 0.467. The molecule has 3 rings (SSSR count). The third-order valence-electron chi connectivity index (χ3n) is 4.04. The van der Waals surface area contributed by atoms with Crippen molar-refractivity contribution in [1.29, 1.82) is 0 Å². The van der Waals surface area contributed by atoms with Crippen LogP contribution in [0.3, 0.4) is 0 Å². The lowest BCUT2D eigenvalue weighted by molar-refractivity contribution is -0.146. The summed E-state index contributed by atoms with van der Waals surface area (Å²) in [5, 5.41) is -0.465. The van der Waals surface area contributed by atoms with Crippen molar-refractivity contribution in [3.63, 3.8) is 0 Å². The van der Waals surface area contributed by atoms with Crippen LogP contribution in [-0.2, 0) is 10.9 Å². The van der Waals surface area contributed by atoms with Crippen LogP contribution in [0.1, 0.15) is 37.9 Å². The quantitative estimate of drug-likeness (QED) is 0.511. The van der Waals surface area contributed by atoms with E-state index in [0.717, 1.165) is 25.3 Å². The van der Waals surface area contributed by atoms with Gasteiger partial charge in [-0.25, -0.2) is 14.3 Å². The summed E-state index contributed by atoms with van der Waals surface area (Å²) in [6.45, 7) is 0. The number of ether oxygens (including phenoxy) is 1. The number of nitrogens with zero attached hydrogens (tertiary/aromatic N) is 2. The molecule has 25 heavy (non-hydrogen) atoms. The maximum absolute atomic E-state index is 13.4. The van der Waals surface area contributed by atoms with Crippen LogP contribution in [0.25, 0.3) is 11.0 Å². The van der Waals surface area contributed by atoms with Crippen molar-refractivity contribution in [2.24, 2.45) is 0 Å². The Bertz CT molecular complexity index is 830. The van der Waals surface area contributed by atoms with Gasteiger partial charge in [-0.3, -0.25) is 0 Å². The Morgan fingerprint density at radius 1 is 1.16 bits per heavy atom. The first-order valence-corrected chi connectivity index (χ1v) is 8.67. The van der Waals surface area contributed by atoms with E-state index in [1.165, 1.54) is 0 Å². The predicted octanol–water partition coefficient (Wildman–Crippen LogP) is 6.33. The molecule has 1 saturated carbocycles. The van der Waals surface area contributed by atoms with Crippen molar-refractivity contribution in [3.05, 3.63) is 27.0 Å². The van der Waals surface area contributed by atoms with Crippen molar-refractivity contribution in [2.45, 2.75) is 44.4 Å². The van der Waals surface area contributed by atoms with Crippen LogP contribution in [0, 0.1) is 0 Å². The van der Waals surface area contributed by atoms with E-state index in [2.05, 4.69) is 4.98 Å². The molecular formula is C15H12Cl3F3N2O2. The highest BCUT2D eigenvalue weighted by Crippen LogP contribution is 2.40. The zero-order valence-electron chi connectivity index (χ0n) is 12.7. The van der Waals surface area contributed by atoms with Crippen LogP contribution in [-0.4, -0.2) is 21.7 Å². The Labute approximate surface area is 155 Å². The molecule has 2 aromatic rings. The minimum Gasteiger partial charge on any atom is -0.446 e. The smallest absolute Gasteiger partial charge is 0.446 e. The molecule has 136 valence electrons. The molecule has 1 heterocycles. The molecule has 0 saturated heterocycles. The van der Waals surface area contributed by atoms with Crippen LogP contribution in [0.4, 0.5) is 18.0 Å². The predicted molar refractivity (Wildman–Crippen MR) is 88.5 cm³/mol. The molecule has 0 spiro atoms. The number of fused-ring (bicyclic) bond motifs is 1. The van der Waals surface area contributed by atoms with Crippen molar-refractivity contribution < 1.29 is 22.7 Å². The summed E-state index contributed by atoms with van der Waals surface area (Å²) < 4.78 is 45.7. The van der Waals surface area contributed by atoms with E-state index in [1.807, 2.05) is 0 Å². The van der Waals surface area contributed by atoms with Crippen molar-refractivity contribution in [2.75, 3.05) is 0 Å². The molecular weight excluding hydrogens is 404 g/mol. The SMILES string of the molecule is O=C(OC1CCCCC1)n1c(C(F)(F)F)nc2c(Cl)c(Cl)c(Cl)cc21. The third-order valence-corrected chi connectivity index (χ3v) is 5.29. The standard InChI is InChI=1S/C15H12Cl3F3N2O2/c16-8-6-9-12(11(18)10(8)17)22-13(15(19,20)21)23(9)14(24)25-7-4-2-1-3-5-7/h6-7H,1-5H2. The van der Waals surface area contributed by atoms with E-state index >= 15 is 0 Å². The highest BCUT2D eigenvalue weighted by Gasteiger charge is 2.41. The number of hydrogen-bond donors (Lipinski definition) is 0. The Morgan fingerprint density at radius 2 is 1.80 bits per heavy atom. The van der Waals surface area contributed by atoms with Crippen LogP contribution in [0.2, 0.25) is 15.1 Å². The molecule has 4 nitrogen and oxygen atoms in total. The van der Waals surface area contributed by atoms with E-state index < -0.39 is 24.2 Å². The zero-order chi connectivity index (χ0) is 18.4. The van der Waals surface area contributed by atoms with Crippen LogP contribution in [0.5, 0.6) is 0 Å². The van der Waals surface area contributed by atoms with Gasteiger partial charge in [0.05, 0.1) is 20.6 Å². The average Bonchev–Trinajstić information content (AvgIpc) is 2.93. The molecule has 1 fully saturated rings. The van der Waals surface area contributed by atoms with E-state index in [9.17, 15) is 18.0 Å². The van der Waals surface area contributed by atoms with Gasteiger partial charge < -0.3 is 4.74 Å². The van der Waals surface area contributed by atoms with Gasteiger partial charge in [-0.05, 0) is 31.7 Å². The first kappa shape index (κ1) is 18.6. The lowest BCUT2D eigenvalue weighted by Gasteiger charge is -2.22. The number of carbonyl (C=O) groups excluding carboxylic acids is 1. The normalized spacial score (nSPS) is 16.4.